The van der Waals surface area contributed by atoms with Gasteiger partial charge in [0.15, 0.2) is 5.50 Å². The summed E-state index contributed by atoms with van der Waals surface area (Å²) in [6, 6.07) is 20.2. The van der Waals surface area contributed by atoms with E-state index in [-0.39, 0.29) is 17.1 Å². The fourth-order valence-corrected chi connectivity index (χ4v) is 4.98. The number of nitro groups is 1. The second-order valence-corrected chi connectivity index (χ2v) is 9.89. The summed E-state index contributed by atoms with van der Waals surface area (Å²) in [5.41, 5.74) is 3.79. The highest BCUT2D eigenvalue weighted by molar-refractivity contribution is 14.1. The van der Waals surface area contributed by atoms with E-state index in [9.17, 15) is 14.9 Å². The normalized spacial score (nSPS) is 16.4. The quantitative estimate of drug-likeness (QED) is 0.147. The van der Waals surface area contributed by atoms with Gasteiger partial charge in [-0.2, -0.15) is 0 Å². The number of aryl methyl sites for hydroxylation is 1. The third-order valence-corrected chi connectivity index (χ3v) is 7.06. The van der Waals surface area contributed by atoms with Gasteiger partial charge in [-0.25, -0.2) is 0 Å². The number of non-ortho nitro benzene ring substituents is 1. The number of nitro benzene ring substituents is 1. The van der Waals surface area contributed by atoms with Crippen molar-refractivity contribution in [2.75, 3.05) is 5.32 Å². The van der Waals surface area contributed by atoms with Gasteiger partial charge in [0.2, 0.25) is 0 Å². The zero-order valence-corrected chi connectivity index (χ0v) is 21.3. The number of halogens is 1. The molecule has 3 aromatic carbocycles. The summed E-state index contributed by atoms with van der Waals surface area (Å²) in [5.74, 6) is 0.598. The highest BCUT2D eigenvalue weighted by Gasteiger charge is 2.27. The number of ether oxygens (including phenoxy) is 1. The van der Waals surface area contributed by atoms with Crippen molar-refractivity contribution in [3.8, 4) is 5.75 Å². The van der Waals surface area contributed by atoms with Crippen LogP contribution in [0, 0.1) is 13.7 Å². The summed E-state index contributed by atoms with van der Waals surface area (Å²) in [7, 11) is 0. The van der Waals surface area contributed by atoms with E-state index in [4.69, 9.17) is 4.74 Å². The number of nitrogens with one attached hydrogen (secondary N) is 2. The number of benzene rings is 3. The van der Waals surface area contributed by atoms with E-state index in [1.54, 1.807) is 12.1 Å². The minimum absolute atomic E-state index is 0.0522. The lowest BCUT2D eigenvalue weighted by Crippen LogP contribution is -2.30. The van der Waals surface area contributed by atoms with Crippen LogP contribution in [0.4, 0.5) is 11.4 Å². The first-order valence-corrected chi connectivity index (χ1v) is 12.6. The van der Waals surface area contributed by atoms with E-state index in [1.807, 2.05) is 36.4 Å². The van der Waals surface area contributed by atoms with E-state index in [2.05, 4.69) is 52.3 Å². The lowest BCUT2D eigenvalue weighted by molar-refractivity contribution is -0.384. The number of thioether (sulfide) groups is 1. The van der Waals surface area contributed by atoms with E-state index in [1.165, 1.54) is 29.5 Å². The molecule has 4 rings (SSSR count). The van der Waals surface area contributed by atoms with Gasteiger partial charge in [-0.1, -0.05) is 36.9 Å². The van der Waals surface area contributed by atoms with Gasteiger partial charge in [0.05, 0.1) is 13.4 Å². The second-order valence-electron chi connectivity index (χ2n) is 7.58. The van der Waals surface area contributed by atoms with Gasteiger partial charge < -0.3 is 15.4 Å². The van der Waals surface area contributed by atoms with Crippen LogP contribution >= 0.6 is 34.4 Å². The molecule has 0 aromatic heterocycles. The van der Waals surface area contributed by atoms with Crippen LogP contribution in [0.2, 0.25) is 0 Å². The molecule has 1 saturated heterocycles. The average Bonchev–Trinajstić information content (AvgIpc) is 3.17. The Bertz CT molecular complexity index is 1230. The van der Waals surface area contributed by atoms with E-state index in [0.717, 1.165) is 26.8 Å². The van der Waals surface area contributed by atoms with Gasteiger partial charge in [0.1, 0.15) is 12.4 Å². The highest BCUT2D eigenvalue weighted by atomic mass is 127. The molecule has 0 aliphatic carbocycles. The largest absolute Gasteiger partial charge is 0.488 e. The van der Waals surface area contributed by atoms with Crippen molar-refractivity contribution < 1.29 is 14.5 Å². The standard InChI is InChI=1S/C25H22IN3O4S/c1-2-16-3-8-19(9-4-16)27-25-28-24(30)23(34-25)14-18-7-12-22(21(26)13-18)33-15-17-5-10-20(11-6-17)29(31)32/h3-14,25,27H,2,15H2,1H3,(H,28,30)/b23-14-/t25-/m1/s1. The van der Waals surface area contributed by atoms with Crippen LogP contribution in [0.25, 0.3) is 6.08 Å². The molecule has 0 radical (unpaired) electrons. The number of hydrogen-bond donors (Lipinski definition) is 2. The maximum Gasteiger partial charge on any atom is 0.269 e. The highest BCUT2D eigenvalue weighted by Crippen LogP contribution is 2.32. The summed E-state index contributed by atoms with van der Waals surface area (Å²) < 4.78 is 6.78. The monoisotopic (exact) mass is 587 g/mol. The first-order chi connectivity index (χ1) is 16.4. The van der Waals surface area contributed by atoms with E-state index < -0.39 is 4.92 Å². The molecule has 3 aromatic rings. The summed E-state index contributed by atoms with van der Waals surface area (Å²) >= 11 is 3.64. The summed E-state index contributed by atoms with van der Waals surface area (Å²) in [6.45, 7) is 2.42. The molecule has 1 heterocycles. The molecule has 1 atom stereocenters. The van der Waals surface area contributed by atoms with Crippen molar-refractivity contribution in [3.05, 3.63) is 102 Å². The topological polar surface area (TPSA) is 93.5 Å². The molecule has 1 aliphatic rings. The van der Waals surface area contributed by atoms with E-state index in [0.29, 0.717) is 17.3 Å². The average molecular weight is 587 g/mol. The van der Waals surface area contributed by atoms with Crippen LogP contribution < -0.4 is 15.4 Å². The van der Waals surface area contributed by atoms with Crippen molar-refractivity contribution in [2.24, 2.45) is 0 Å². The number of amides is 1. The van der Waals surface area contributed by atoms with Crippen LogP contribution in [0.5, 0.6) is 5.75 Å². The van der Waals surface area contributed by atoms with Crippen LogP contribution in [0.1, 0.15) is 23.6 Å². The van der Waals surface area contributed by atoms with Crippen LogP contribution in [0.3, 0.4) is 0 Å². The lowest BCUT2D eigenvalue weighted by Gasteiger charge is -2.12. The van der Waals surface area contributed by atoms with Gasteiger partial charge >= 0.3 is 0 Å². The molecule has 1 fully saturated rings. The molecule has 9 heteroatoms. The Morgan fingerprint density at radius 2 is 1.82 bits per heavy atom. The molecule has 1 aliphatic heterocycles. The van der Waals surface area contributed by atoms with Crippen LogP contribution in [0.15, 0.2) is 71.6 Å². The van der Waals surface area contributed by atoms with Gasteiger partial charge in [0, 0.05) is 17.8 Å². The fourth-order valence-electron chi connectivity index (χ4n) is 3.30. The Balaban J connectivity index is 1.37. The maximum absolute atomic E-state index is 12.4. The molecule has 174 valence electrons. The third kappa shape index (κ3) is 6.09. The molecule has 0 saturated carbocycles. The van der Waals surface area contributed by atoms with Crippen molar-refractivity contribution in [1.29, 1.82) is 0 Å². The Kier molecular flexibility index (Phi) is 7.73. The Morgan fingerprint density at radius 3 is 2.47 bits per heavy atom. The molecular formula is C25H22IN3O4S. The Hall–Kier alpha value is -3.05. The summed E-state index contributed by atoms with van der Waals surface area (Å²) in [4.78, 5) is 23.4. The van der Waals surface area contributed by atoms with Crippen LogP contribution in [-0.2, 0) is 17.8 Å². The number of hydrogen-bond acceptors (Lipinski definition) is 6. The number of anilines is 1. The fraction of sp³-hybridized carbons (Fsp3) is 0.160. The van der Waals surface area contributed by atoms with Gasteiger partial charge in [-0.3, -0.25) is 14.9 Å². The second kappa shape index (κ2) is 10.9. The Labute approximate surface area is 215 Å². The lowest BCUT2D eigenvalue weighted by atomic mass is 10.1. The molecule has 0 unspecified atom stereocenters. The molecule has 2 N–H and O–H groups in total. The molecule has 0 spiro atoms. The molecule has 0 bridgehead atoms. The predicted molar refractivity (Wildman–Crippen MR) is 144 cm³/mol. The Morgan fingerprint density at radius 1 is 1.12 bits per heavy atom. The summed E-state index contributed by atoms with van der Waals surface area (Å²) in [6.07, 6.45) is 2.85. The minimum Gasteiger partial charge on any atom is -0.488 e. The zero-order valence-electron chi connectivity index (χ0n) is 18.3. The summed E-state index contributed by atoms with van der Waals surface area (Å²) in [5, 5.41) is 17.1. The van der Waals surface area contributed by atoms with Gasteiger partial charge in [-0.05, 0) is 88.2 Å². The zero-order chi connectivity index (χ0) is 24.1. The van der Waals surface area contributed by atoms with Crippen molar-refractivity contribution in [2.45, 2.75) is 25.4 Å². The molecule has 1 amide bonds. The van der Waals surface area contributed by atoms with Crippen molar-refractivity contribution in [1.82, 2.24) is 5.32 Å². The molecule has 7 nitrogen and oxygen atoms in total. The molecule has 34 heavy (non-hydrogen) atoms. The number of rotatable bonds is 8. The minimum atomic E-state index is -0.425. The third-order valence-electron chi connectivity index (χ3n) is 5.19. The van der Waals surface area contributed by atoms with E-state index >= 15 is 0 Å². The first kappa shape index (κ1) is 24.1. The number of nitrogens with zero attached hydrogens (tertiary/aromatic N) is 1. The van der Waals surface area contributed by atoms with Crippen LogP contribution in [-0.4, -0.2) is 16.3 Å². The predicted octanol–water partition coefficient (Wildman–Crippen LogP) is 5.94. The molecular weight excluding hydrogens is 565 g/mol. The van der Waals surface area contributed by atoms with Gasteiger partial charge in [-0.15, -0.1) is 0 Å². The smallest absolute Gasteiger partial charge is 0.269 e. The number of carbonyl (C=O) groups is 1. The first-order valence-electron chi connectivity index (χ1n) is 10.6. The van der Waals surface area contributed by atoms with Crippen molar-refractivity contribution in [3.63, 3.8) is 0 Å². The van der Waals surface area contributed by atoms with Gasteiger partial charge in [0.25, 0.3) is 11.6 Å². The maximum atomic E-state index is 12.4. The SMILES string of the molecule is CCc1ccc(N[C@@H]2NC(=O)/C(=C/c3ccc(OCc4ccc([N+](=O)[O-])cc4)c(I)c3)S2)cc1. The van der Waals surface area contributed by atoms with Crippen molar-refractivity contribution >= 4 is 57.7 Å². The number of carbonyl (C=O) groups excluding carboxylic acids is 1.